The second-order valence-electron chi connectivity index (χ2n) is 9.14. The van der Waals surface area contributed by atoms with Gasteiger partial charge in [0.1, 0.15) is 23.5 Å². The van der Waals surface area contributed by atoms with Crippen LogP contribution in [0.2, 0.25) is 0 Å². The van der Waals surface area contributed by atoms with E-state index in [-0.39, 0.29) is 24.0 Å². The third-order valence-electron chi connectivity index (χ3n) is 6.13. The molecule has 38 heavy (non-hydrogen) atoms. The van der Waals surface area contributed by atoms with Crippen molar-refractivity contribution < 1.29 is 31.5 Å². The van der Waals surface area contributed by atoms with Crippen LogP contribution in [0.15, 0.2) is 60.9 Å². The number of benzene rings is 2. The molecule has 6 nitrogen and oxygen atoms in total. The molecule has 2 aromatic carbocycles. The summed E-state index contributed by atoms with van der Waals surface area (Å²) in [6.07, 6.45) is -2.93. The summed E-state index contributed by atoms with van der Waals surface area (Å²) in [7, 11) is 0. The van der Waals surface area contributed by atoms with E-state index < -0.39 is 30.6 Å². The van der Waals surface area contributed by atoms with E-state index >= 15 is 0 Å². The first-order chi connectivity index (χ1) is 18.1. The summed E-state index contributed by atoms with van der Waals surface area (Å²) in [6, 6.07) is 11.6. The molecule has 1 aliphatic carbocycles. The summed E-state index contributed by atoms with van der Waals surface area (Å²) in [5.41, 5.74) is 2.99. The van der Waals surface area contributed by atoms with Crippen molar-refractivity contribution in [2.45, 2.75) is 38.2 Å². The summed E-state index contributed by atoms with van der Waals surface area (Å²) in [5.74, 6) is -0.405. The van der Waals surface area contributed by atoms with Gasteiger partial charge in [0, 0.05) is 36.2 Å². The lowest BCUT2D eigenvalue weighted by Gasteiger charge is -2.14. The van der Waals surface area contributed by atoms with E-state index in [0.717, 1.165) is 0 Å². The average molecular weight is 530 g/mol. The Labute approximate surface area is 214 Å². The molecule has 1 saturated carbocycles. The predicted octanol–water partition coefficient (Wildman–Crippen LogP) is 6.45. The minimum Gasteiger partial charge on any atom is -0.456 e. The average Bonchev–Trinajstić information content (AvgIpc) is 3.35. The van der Waals surface area contributed by atoms with Gasteiger partial charge < -0.3 is 15.4 Å². The van der Waals surface area contributed by atoms with E-state index in [1.54, 1.807) is 48.0 Å². The van der Waals surface area contributed by atoms with Gasteiger partial charge in [-0.2, -0.15) is 13.2 Å². The van der Waals surface area contributed by atoms with Gasteiger partial charge in [0.2, 0.25) is 0 Å². The summed E-state index contributed by atoms with van der Waals surface area (Å²) in [6.45, 7) is 1.37. The molecule has 2 heterocycles. The normalized spacial score (nSPS) is 16.9. The van der Waals surface area contributed by atoms with Crippen molar-refractivity contribution in [1.29, 1.82) is 0 Å². The molecule has 2 atom stereocenters. The van der Waals surface area contributed by atoms with Gasteiger partial charge in [-0.15, -0.1) is 0 Å². The fraction of sp³-hybridized carbons (Fsp3) is 0.259. The van der Waals surface area contributed by atoms with Gasteiger partial charge in [0.15, 0.2) is 5.65 Å². The number of amides is 1. The Morgan fingerprint density at radius 1 is 1.16 bits per heavy atom. The zero-order chi connectivity index (χ0) is 27.0. The van der Waals surface area contributed by atoms with Gasteiger partial charge in [-0.25, -0.2) is 13.8 Å². The van der Waals surface area contributed by atoms with Gasteiger partial charge in [-0.1, -0.05) is 12.1 Å². The third-order valence-corrected chi connectivity index (χ3v) is 6.13. The van der Waals surface area contributed by atoms with Gasteiger partial charge in [-0.05, 0) is 36.8 Å². The number of fused-ring (bicyclic) bond motifs is 1. The Morgan fingerprint density at radius 2 is 1.95 bits per heavy atom. The maximum atomic E-state index is 13.7. The van der Waals surface area contributed by atoms with Crippen LogP contribution in [-0.4, -0.2) is 40.2 Å². The van der Waals surface area contributed by atoms with Crippen LogP contribution >= 0.6 is 0 Å². The molecule has 0 bridgehead atoms. The fourth-order valence-corrected chi connectivity index (χ4v) is 4.10. The van der Waals surface area contributed by atoms with Crippen molar-refractivity contribution in [3.63, 3.8) is 0 Å². The number of nitrogens with zero attached hydrogens (tertiary/aromatic N) is 2. The number of carbonyl (C=O) groups is 1. The summed E-state index contributed by atoms with van der Waals surface area (Å²) < 4.78 is 72.6. The van der Waals surface area contributed by atoms with Crippen molar-refractivity contribution in [3.8, 4) is 22.8 Å². The van der Waals surface area contributed by atoms with Gasteiger partial charge in [0.25, 0.3) is 5.91 Å². The van der Waals surface area contributed by atoms with E-state index in [0.29, 0.717) is 40.1 Å². The second-order valence-corrected chi connectivity index (χ2v) is 9.14. The monoisotopic (exact) mass is 530 g/mol. The van der Waals surface area contributed by atoms with Crippen LogP contribution in [0.25, 0.3) is 16.9 Å². The number of aryl methyl sites for hydroxylation is 1. The molecule has 0 aliphatic heterocycles. The number of aromatic nitrogens is 2. The molecule has 198 valence electrons. The maximum Gasteiger partial charge on any atom is 0.390 e. The number of alkyl halides is 4. The molecule has 0 saturated heterocycles. The van der Waals surface area contributed by atoms with Crippen LogP contribution in [0.3, 0.4) is 0 Å². The fourth-order valence-electron chi connectivity index (χ4n) is 4.10. The molecular formula is C27H23F5N4O2. The molecule has 4 aromatic rings. The van der Waals surface area contributed by atoms with Crippen LogP contribution in [0.4, 0.5) is 27.6 Å². The van der Waals surface area contributed by atoms with E-state index in [9.17, 15) is 26.7 Å². The standard InChI is InChI=1S/C27H23F5N4O2/c1-15-9-16(5-6-20(15)26(37)35-22-12-21(22)29)24-13-34-25-23(33-8-7-27(30,31)32)11-19(14-36(24)25)38-18-4-2-3-17(28)10-18/h2-6,9-11,13-14,21-22,33H,7-8,12H2,1H3,(H,35,37)/t21-,22-/m0/s1. The number of anilines is 1. The number of rotatable bonds is 8. The first-order valence-corrected chi connectivity index (χ1v) is 11.9. The Balaban J connectivity index is 1.49. The van der Waals surface area contributed by atoms with Crippen molar-refractivity contribution in [1.82, 2.24) is 14.7 Å². The number of nitrogens with one attached hydrogen (secondary N) is 2. The van der Waals surface area contributed by atoms with Crippen LogP contribution in [-0.2, 0) is 0 Å². The van der Waals surface area contributed by atoms with E-state index in [2.05, 4.69) is 15.6 Å². The molecule has 0 spiro atoms. The summed E-state index contributed by atoms with van der Waals surface area (Å²) in [5, 5.41) is 5.42. The molecule has 11 heteroatoms. The number of pyridine rings is 1. The smallest absolute Gasteiger partial charge is 0.390 e. The quantitative estimate of drug-likeness (QED) is 0.257. The molecule has 0 unspecified atom stereocenters. The van der Waals surface area contributed by atoms with E-state index in [1.165, 1.54) is 24.3 Å². The van der Waals surface area contributed by atoms with Crippen molar-refractivity contribution in [2.75, 3.05) is 11.9 Å². The molecule has 1 amide bonds. The van der Waals surface area contributed by atoms with Gasteiger partial charge >= 0.3 is 6.18 Å². The van der Waals surface area contributed by atoms with Crippen LogP contribution in [0, 0.1) is 12.7 Å². The summed E-state index contributed by atoms with van der Waals surface area (Å²) >= 11 is 0. The molecule has 0 radical (unpaired) electrons. The predicted molar refractivity (Wildman–Crippen MR) is 132 cm³/mol. The first kappa shape index (κ1) is 25.5. The number of halogens is 5. The lowest BCUT2D eigenvalue weighted by Crippen LogP contribution is -2.27. The molecule has 2 N–H and O–H groups in total. The summed E-state index contributed by atoms with van der Waals surface area (Å²) in [4.78, 5) is 16.9. The number of imidazole rings is 1. The Hall–Kier alpha value is -4.15. The van der Waals surface area contributed by atoms with Crippen molar-refractivity contribution >= 4 is 17.2 Å². The highest BCUT2D eigenvalue weighted by Crippen LogP contribution is 2.33. The number of hydrogen-bond donors (Lipinski definition) is 2. The number of carbonyl (C=O) groups excluding carboxylic acids is 1. The van der Waals surface area contributed by atoms with E-state index in [4.69, 9.17) is 4.74 Å². The van der Waals surface area contributed by atoms with Crippen LogP contribution in [0.5, 0.6) is 11.5 Å². The van der Waals surface area contributed by atoms with Gasteiger partial charge in [-0.3, -0.25) is 9.20 Å². The molecular weight excluding hydrogens is 507 g/mol. The first-order valence-electron chi connectivity index (χ1n) is 11.9. The van der Waals surface area contributed by atoms with E-state index in [1.807, 2.05) is 0 Å². The highest BCUT2D eigenvalue weighted by molar-refractivity contribution is 5.96. The minimum absolute atomic E-state index is 0.213. The topological polar surface area (TPSA) is 67.7 Å². The highest BCUT2D eigenvalue weighted by atomic mass is 19.4. The molecule has 1 fully saturated rings. The zero-order valence-electron chi connectivity index (χ0n) is 20.2. The zero-order valence-corrected chi connectivity index (χ0v) is 20.2. The Kier molecular flexibility index (Phi) is 6.68. The molecule has 5 rings (SSSR count). The maximum absolute atomic E-state index is 13.7. The lowest BCUT2D eigenvalue weighted by molar-refractivity contribution is -0.131. The largest absolute Gasteiger partial charge is 0.456 e. The van der Waals surface area contributed by atoms with Crippen LogP contribution < -0.4 is 15.4 Å². The SMILES string of the molecule is Cc1cc(-c2cnc3c(NCCC(F)(F)F)cc(Oc4cccc(F)c4)cn23)ccc1C(=O)N[C@H]1C[C@@H]1F. The number of hydrogen-bond acceptors (Lipinski definition) is 4. The third kappa shape index (κ3) is 5.71. The molecule has 2 aromatic heterocycles. The van der Waals surface area contributed by atoms with Crippen LogP contribution in [0.1, 0.15) is 28.8 Å². The number of ether oxygens (including phenoxy) is 1. The Morgan fingerprint density at radius 3 is 2.63 bits per heavy atom. The lowest BCUT2D eigenvalue weighted by atomic mass is 10.0. The second kappa shape index (κ2) is 9.96. The van der Waals surface area contributed by atoms with Gasteiger partial charge in [0.05, 0.1) is 36.2 Å². The molecule has 1 aliphatic rings. The Bertz CT molecular complexity index is 1500. The highest BCUT2D eigenvalue weighted by Gasteiger charge is 2.39. The minimum atomic E-state index is -4.34. The van der Waals surface area contributed by atoms with Crippen molar-refractivity contribution in [3.05, 3.63) is 77.9 Å². The van der Waals surface area contributed by atoms with Crippen molar-refractivity contribution in [2.24, 2.45) is 0 Å².